The van der Waals surface area contributed by atoms with Crippen molar-refractivity contribution in [3.05, 3.63) is 89.3 Å². The van der Waals surface area contributed by atoms with Crippen molar-refractivity contribution < 1.29 is 9.59 Å². The lowest BCUT2D eigenvalue weighted by Gasteiger charge is -2.05. The molecule has 136 valence electrons. The van der Waals surface area contributed by atoms with Gasteiger partial charge in [-0.3, -0.25) is 9.59 Å². The highest BCUT2D eigenvalue weighted by atomic mass is 32.1. The number of benzene rings is 2. The zero-order valence-electron chi connectivity index (χ0n) is 14.7. The summed E-state index contributed by atoms with van der Waals surface area (Å²) in [5, 5.41) is 5.54. The number of carbonyl (C=O) groups excluding carboxylic acids is 2. The molecule has 0 bridgehead atoms. The van der Waals surface area contributed by atoms with Crippen molar-refractivity contribution >= 4 is 29.2 Å². The Bertz CT molecular complexity index is 918. The summed E-state index contributed by atoms with van der Waals surface area (Å²) < 4.78 is 0. The highest BCUT2D eigenvalue weighted by Crippen LogP contribution is 2.28. The van der Waals surface area contributed by atoms with Crippen LogP contribution < -0.4 is 10.6 Å². The fourth-order valence-electron chi connectivity index (χ4n) is 2.47. The van der Waals surface area contributed by atoms with Gasteiger partial charge in [0.2, 0.25) is 5.91 Å². The maximum atomic E-state index is 11.9. The Labute approximate surface area is 162 Å². The van der Waals surface area contributed by atoms with Gasteiger partial charge in [-0.15, -0.1) is 11.3 Å². The molecule has 5 heteroatoms. The third-order valence-corrected chi connectivity index (χ3v) is 4.93. The normalized spacial score (nSPS) is 10.7. The second-order valence-corrected chi connectivity index (χ2v) is 6.93. The minimum Gasteiger partial charge on any atom is -0.351 e. The largest absolute Gasteiger partial charge is 0.351 e. The first-order valence-electron chi connectivity index (χ1n) is 8.67. The molecule has 3 aromatic rings. The molecule has 0 saturated carbocycles. The van der Waals surface area contributed by atoms with E-state index in [4.69, 9.17) is 0 Å². The average Bonchev–Trinajstić information content (AvgIpc) is 3.20. The van der Waals surface area contributed by atoms with Gasteiger partial charge in [0, 0.05) is 34.5 Å². The van der Waals surface area contributed by atoms with Gasteiger partial charge in [-0.25, -0.2) is 0 Å². The Hall–Kier alpha value is -3.18. The third-order valence-electron chi connectivity index (χ3n) is 3.83. The molecule has 0 aliphatic heterocycles. The van der Waals surface area contributed by atoms with Crippen molar-refractivity contribution in [2.24, 2.45) is 0 Å². The number of amides is 2. The summed E-state index contributed by atoms with van der Waals surface area (Å²) in [6.07, 6.45) is 3.31. The van der Waals surface area contributed by atoms with Gasteiger partial charge < -0.3 is 10.6 Å². The molecule has 0 atom stereocenters. The lowest BCUT2D eigenvalue weighted by molar-refractivity contribution is -0.116. The zero-order valence-corrected chi connectivity index (χ0v) is 15.5. The van der Waals surface area contributed by atoms with Crippen molar-refractivity contribution in [2.45, 2.75) is 0 Å². The lowest BCUT2D eigenvalue weighted by Crippen LogP contribution is -2.33. The molecule has 0 radical (unpaired) electrons. The summed E-state index contributed by atoms with van der Waals surface area (Å²) in [7, 11) is 0. The molecule has 0 fully saturated rings. The van der Waals surface area contributed by atoms with Crippen LogP contribution in [0.1, 0.15) is 15.2 Å². The molecular formula is C22H20N2O2S. The van der Waals surface area contributed by atoms with Crippen LogP contribution in [0.15, 0.2) is 78.9 Å². The van der Waals surface area contributed by atoms with E-state index < -0.39 is 0 Å². The first-order valence-corrected chi connectivity index (χ1v) is 9.48. The molecule has 2 N–H and O–H groups in total. The SMILES string of the molecule is O=C(/C=C/c1ccc(-c2ccccc2)s1)NCCNC(=O)c1ccccc1. The zero-order chi connectivity index (χ0) is 18.9. The van der Waals surface area contributed by atoms with E-state index in [9.17, 15) is 9.59 Å². The van der Waals surface area contributed by atoms with Gasteiger partial charge >= 0.3 is 0 Å². The number of nitrogens with one attached hydrogen (secondary N) is 2. The van der Waals surface area contributed by atoms with Gasteiger partial charge in [0.1, 0.15) is 0 Å². The second kappa shape index (κ2) is 9.50. The predicted octanol–water partition coefficient (Wildman–Crippen LogP) is 3.97. The summed E-state index contributed by atoms with van der Waals surface area (Å²) in [5.41, 5.74) is 1.77. The number of hydrogen-bond donors (Lipinski definition) is 2. The van der Waals surface area contributed by atoms with Crippen LogP contribution in [-0.4, -0.2) is 24.9 Å². The standard InChI is InChI=1S/C22H20N2O2S/c25-21(23-15-16-24-22(26)18-9-5-2-6-10-18)14-12-19-11-13-20(27-19)17-7-3-1-4-8-17/h1-14H,15-16H2,(H,23,25)(H,24,26)/b14-12+. The Kier molecular flexibility index (Phi) is 6.55. The van der Waals surface area contributed by atoms with E-state index in [-0.39, 0.29) is 11.8 Å². The highest BCUT2D eigenvalue weighted by Gasteiger charge is 2.04. The quantitative estimate of drug-likeness (QED) is 0.484. The van der Waals surface area contributed by atoms with Crippen LogP contribution in [0.5, 0.6) is 0 Å². The molecule has 1 heterocycles. The first kappa shape index (κ1) is 18.6. The van der Waals surface area contributed by atoms with E-state index in [0.717, 1.165) is 4.88 Å². The van der Waals surface area contributed by atoms with Crippen molar-refractivity contribution in [1.82, 2.24) is 10.6 Å². The molecule has 27 heavy (non-hydrogen) atoms. The number of carbonyl (C=O) groups is 2. The Balaban J connectivity index is 1.42. The van der Waals surface area contributed by atoms with Gasteiger partial charge in [-0.05, 0) is 35.9 Å². The minimum atomic E-state index is -0.182. The Morgan fingerprint density at radius 2 is 1.48 bits per heavy atom. The third kappa shape index (κ3) is 5.66. The van der Waals surface area contributed by atoms with Crippen molar-refractivity contribution in [2.75, 3.05) is 13.1 Å². The molecular weight excluding hydrogens is 356 g/mol. The molecule has 1 aromatic heterocycles. The Morgan fingerprint density at radius 3 is 2.22 bits per heavy atom. The minimum absolute atomic E-state index is 0.146. The fraction of sp³-hybridized carbons (Fsp3) is 0.0909. The van der Waals surface area contributed by atoms with E-state index in [2.05, 4.69) is 28.8 Å². The van der Waals surface area contributed by atoms with Crippen LogP contribution in [0, 0.1) is 0 Å². The summed E-state index contributed by atoms with van der Waals surface area (Å²) in [6.45, 7) is 0.756. The first-order chi connectivity index (χ1) is 13.2. The van der Waals surface area contributed by atoms with Crippen LogP contribution >= 0.6 is 11.3 Å². The van der Waals surface area contributed by atoms with Gasteiger partial charge in [0.25, 0.3) is 5.91 Å². The van der Waals surface area contributed by atoms with Gasteiger partial charge in [0.15, 0.2) is 0 Å². The summed E-state index contributed by atoms with van der Waals surface area (Å²) in [6, 6.07) is 23.2. The predicted molar refractivity (Wildman–Crippen MR) is 111 cm³/mol. The van der Waals surface area contributed by atoms with Crippen LogP contribution in [0.4, 0.5) is 0 Å². The van der Waals surface area contributed by atoms with Gasteiger partial charge in [0.05, 0.1) is 0 Å². The lowest BCUT2D eigenvalue weighted by atomic mass is 10.2. The molecule has 0 aliphatic rings. The molecule has 0 unspecified atom stereocenters. The molecule has 0 spiro atoms. The number of rotatable bonds is 7. The number of thiophene rings is 1. The molecule has 0 saturated heterocycles. The van der Waals surface area contributed by atoms with Gasteiger partial charge in [-0.1, -0.05) is 48.5 Å². The monoisotopic (exact) mass is 376 g/mol. The van der Waals surface area contributed by atoms with Crippen molar-refractivity contribution in [3.8, 4) is 10.4 Å². The fourth-order valence-corrected chi connectivity index (χ4v) is 3.39. The van der Waals surface area contributed by atoms with Gasteiger partial charge in [-0.2, -0.15) is 0 Å². The maximum absolute atomic E-state index is 11.9. The van der Waals surface area contributed by atoms with Crippen LogP contribution in [-0.2, 0) is 4.79 Å². The molecule has 2 amide bonds. The van der Waals surface area contributed by atoms with E-state index in [1.54, 1.807) is 29.5 Å². The van der Waals surface area contributed by atoms with Crippen LogP contribution in [0.2, 0.25) is 0 Å². The molecule has 2 aromatic carbocycles. The van der Waals surface area contributed by atoms with Crippen molar-refractivity contribution in [3.63, 3.8) is 0 Å². The maximum Gasteiger partial charge on any atom is 0.251 e. The Morgan fingerprint density at radius 1 is 0.815 bits per heavy atom. The summed E-state index contributed by atoms with van der Waals surface area (Å²) in [5.74, 6) is -0.328. The van der Waals surface area contributed by atoms with E-state index in [0.29, 0.717) is 18.7 Å². The average molecular weight is 376 g/mol. The molecule has 3 rings (SSSR count). The van der Waals surface area contributed by atoms with Crippen molar-refractivity contribution in [1.29, 1.82) is 0 Å². The molecule has 0 aliphatic carbocycles. The van der Waals surface area contributed by atoms with Crippen LogP contribution in [0.3, 0.4) is 0 Å². The second-order valence-electron chi connectivity index (χ2n) is 5.81. The highest BCUT2D eigenvalue weighted by molar-refractivity contribution is 7.16. The smallest absolute Gasteiger partial charge is 0.251 e. The van der Waals surface area contributed by atoms with E-state index in [1.165, 1.54) is 16.5 Å². The number of hydrogen-bond acceptors (Lipinski definition) is 3. The summed E-state index contributed by atoms with van der Waals surface area (Å²) in [4.78, 5) is 26.0. The van der Waals surface area contributed by atoms with E-state index in [1.807, 2.05) is 42.5 Å². The van der Waals surface area contributed by atoms with E-state index >= 15 is 0 Å². The molecule has 4 nitrogen and oxygen atoms in total. The topological polar surface area (TPSA) is 58.2 Å². The summed E-state index contributed by atoms with van der Waals surface area (Å²) >= 11 is 1.63. The van der Waals surface area contributed by atoms with Crippen LogP contribution in [0.25, 0.3) is 16.5 Å².